The van der Waals surface area contributed by atoms with Crippen molar-refractivity contribution >= 4 is 6.03 Å². The lowest BCUT2D eigenvalue weighted by molar-refractivity contribution is 0.00348. The van der Waals surface area contributed by atoms with Gasteiger partial charge in [0.05, 0.1) is 6.10 Å². The lowest BCUT2D eigenvalue weighted by Gasteiger charge is -2.27. The maximum absolute atomic E-state index is 10.9. The van der Waals surface area contributed by atoms with Crippen LogP contribution in [0.3, 0.4) is 0 Å². The maximum atomic E-state index is 10.9. The minimum atomic E-state index is -0.0980. The summed E-state index contributed by atoms with van der Waals surface area (Å²) in [7, 11) is 1.63. The minimum Gasteiger partial charge on any atom is -0.378 e. The van der Waals surface area contributed by atoms with Crippen LogP contribution in [0.4, 0.5) is 4.79 Å². The molecule has 1 aliphatic heterocycles. The highest BCUT2D eigenvalue weighted by molar-refractivity contribution is 5.73. The Morgan fingerprint density at radius 2 is 2.38 bits per heavy atom. The van der Waals surface area contributed by atoms with Crippen LogP contribution in [0.25, 0.3) is 0 Å². The number of rotatable bonds is 2. The van der Waals surface area contributed by atoms with Crippen LogP contribution >= 0.6 is 0 Å². The Hall–Kier alpha value is -0.770. The molecule has 2 atom stereocenters. The van der Waals surface area contributed by atoms with Gasteiger partial charge in [-0.05, 0) is 25.7 Å². The molecular weight excluding hydrogens is 168 g/mol. The molecule has 4 heteroatoms. The molecule has 13 heavy (non-hydrogen) atoms. The zero-order valence-electron chi connectivity index (χ0n) is 8.30. The van der Waals surface area contributed by atoms with E-state index in [1.165, 1.54) is 0 Å². The van der Waals surface area contributed by atoms with Crippen molar-refractivity contribution in [3.63, 3.8) is 0 Å². The van der Waals surface area contributed by atoms with Gasteiger partial charge in [-0.2, -0.15) is 0 Å². The third-order valence-corrected chi connectivity index (χ3v) is 2.37. The molecule has 0 aromatic rings. The summed E-state index contributed by atoms with van der Waals surface area (Å²) in [6.45, 7) is 3.65. The van der Waals surface area contributed by atoms with E-state index in [2.05, 4.69) is 17.6 Å². The molecule has 2 amide bonds. The number of carbonyl (C=O) groups is 1. The van der Waals surface area contributed by atoms with Crippen LogP contribution in [0.2, 0.25) is 0 Å². The third kappa shape index (κ3) is 3.63. The summed E-state index contributed by atoms with van der Waals surface area (Å²) in [5.41, 5.74) is 0. The molecule has 0 aliphatic carbocycles. The molecule has 1 fully saturated rings. The van der Waals surface area contributed by atoms with Crippen LogP contribution < -0.4 is 10.6 Å². The normalized spacial score (nSPS) is 28.2. The van der Waals surface area contributed by atoms with Crippen molar-refractivity contribution in [1.29, 1.82) is 0 Å². The zero-order chi connectivity index (χ0) is 9.68. The summed E-state index contributed by atoms with van der Waals surface area (Å²) in [6, 6.07) is -0.0980. The Bertz CT molecular complexity index is 173. The van der Waals surface area contributed by atoms with E-state index < -0.39 is 0 Å². The fourth-order valence-corrected chi connectivity index (χ4v) is 1.60. The summed E-state index contributed by atoms with van der Waals surface area (Å²) in [5.74, 6) is 0.570. The first-order valence-corrected chi connectivity index (χ1v) is 4.79. The van der Waals surface area contributed by atoms with Crippen LogP contribution in [-0.2, 0) is 4.74 Å². The Morgan fingerprint density at radius 3 is 3.00 bits per heavy atom. The van der Waals surface area contributed by atoms with Gasteiger partial charge in [0.2, 0.25) is 0 Å². The Balaban J connectivity index is 2.17. The van der Waals surface area contributed by atoms with Crippen molar-refractivity contribution in [3.8, 4) is 0 Å². The number of hydrogen-bond donors (Lipinski definition) is 2. The molecule has 4 nitrogen and oxygen atoms in total. The van der Waals surface area contributed by atoms with E-state index in [-0.39, 0.29) is 6.03 Å². The molecule has 1 aliphatic rings. The lowest BCUT2D eigenvalue weighted by Crippen LogP contribution is -2.38. The Morgan fingerprint density at radius 1 is 1.62 bits per heavy atom. The highest BCUT2D eigenvalue weighted by Gasteiger charge is 2.19. The molecule has 0 bridgehead atoms. The molecule has 1 saturated heterocycles. The fourth-order valence-electron chi connectivity index (χ4n) is 1.60. The van der Waals surface area contributed by atoms with Crippen molar-refractivity contribution in [1.82, 2.24) is 10.6 Å². The van der Waals surface area contributed by atoms with Gasteiger partial charge in [-0.25, -0.2) is 4.79 Å². The number of hydrogen-bond acceptors (Lipinski definition) is 2. The minimum absolute atomic E-state index is 0.0980. The quantitative estimate of drug-likeness (QED) is 0.668. The first-order valence-electron chi connectivity index (χ1n) is 4.79. The number of urea groups is 1. The van der Waals surface area contributed by atoms with E-state index in [4.69, 9.17) is 4.74 Å². The second kappa shape index (κ2) is 5.07. The van der Waals surface area contributed by atoms with Crippen LogP contribution in [0.1, 0.15) is 19.8 Å². The SMILES string of the molecule is CNC(=O)NCC1CCOC(C)C1. The predicted octanol–water partition coefficient (Wildman–Crippen LogP) is 0.730. The number of ether oxygens (including phenoxy) is 1. The molecule has 1 heterocycles. The first kappa shape index (κ1) is 10.3. The van der Waals surface area contributed by atoms with Gasteiger partial charge < -0.3 is 15.4 Å². The molecule has 2 N–H and O–H groups in total. The summed E-state index contributed by atoms with van der Waals surface area (Å²) in [4.78, 5) is 10.9. The highest BCUT2D eigenvalue weighted by Crippen LogP contribution is 2.18. The van der Waals surface area contributed by atoms with E-state index in [0.29, 0.717) is 12.0 Å². The standard InChI is InChI=1S/C9H18N2O2/c1-7-5-8(3-4-13-7)6-11-9(12)10-2/h7-8H,3-6H2,1-2H3,(H2,10,11,12). The van der Waals surface area contributed by atoms with Crippen molar-refractivity contribution in [2.75, 3.05) is 20.2 Å². The lowest BCUT2D eigenvalue weighted by atomic mass is 9.96. The second-order valence-corrected chi connectivity index (χ2v) is 3.53. The second-order valence-electron chi connectivity index (χ2n) is 3.53. The third-order valence-electron chi connectivity index (χ3n) is 2.37. The first-order chi connectivity index (χ1) is 6.22. The fraction of sp³-hybridized carbons (Fsp3) is 0.889. The van der Waals surface area contributed by atoms with Gasteiger partial charge in [0.1, 0.15) is 0 Å². The van der Waals surface area contributed by atoms with Crippen LogP contribution in [0.5, 0.6) is 0 Å². The van der Waals surface area contributed by atoms with Gasteiger partial charge in [-0.1, -0.05) is 0 Å². The summed E-state index contributed by atoms with van der Waals surface area (Å²) in [5, 5.41) is 5.35. The van der Waals surface area contributed by atoms with E-state index in [1.807, 2.05) is 0 Å². The van der Waals surface area contributed by atoms with Crippen molar-refractivity contribution in [2.24, 2.45) is 5.92 Å². The van der Waals surface area contributed by atoms with Gasteiger partial charge >= 0.3 is 6.03 Å². The van der Waals surface area contributed by atoms with E-state index in [9.17, 15) is 4.79 Å². The van der Waals surface area contributed by atoms with Gasteiger partial charge in [-0.3, -0.25) is 0 Å². The van der Waals surface area contributed by atoms with Gasteiger partial charge in [0.15, 0.2) is 0 Å². The van der Waals surface area contributed by atoms with Crippen LogP contribution in [-0.4, -0.2) is 32.3 Å². The van der Waals surface area contributed by atoms with E-state index in [1.54, 1.807) is 7.05 Å². The van der Waals surface area contributed by atoms with Gasteiger partial charge in [0.25, 0.3) is 0 Å². The average Bonchev–Trinajstić information content (AvgIpc) is 2.14. The van der Waals surface area contributed by atoms with Crippen LogP contribution in [0.15, 0.2) is 0 Å². The topological polar surface area (TPSA) is 50.4 Å². The van der Waals surface area contributed by atoms with E-state index >= 15 is 0 Å². The van der Waals surface area contributed by atoms with Crippen molar-refractivity contribution in [3.05, 3.63) is 0 Å². The largest absolute Gasteiger partial charge is 0.378 e. The summed E-state index contributed by atoms with van der Waals surface area (Å²) >= 11 is 0. The summed E-state index contributed by atoms with van der Waals surface area (Å²) < 4.78 is 5.41. The smallest absolute Gasteiger partial charge is 0.314 e. The highest BCUT2D eigenvalue weighted by atomic mass is 16.5. The molecular formula is C9H18N2O2. The molecule has 76 valence electrons. The van der Waals surface area contributed by atoms with Gasteiger partial charge in [-0.15, -0.1) is 0 Å². The predicted molar refractivity (Wildman–Crippen MR) is 50.6 cm³/mol. The number of nitrogens with one attached hydrogen (secondary N) is 2. The summed E-state index contributed by atoms with van der Waals surface area (Å²) in [6.07, 6.45) is 2.43. The monoisotopic (exact) mass is 186 g/mol. The van der Waals surface area contributed by atoms with E-state index in [0.717, 1.165) is 26.0 Å². The molecule has 0 saturated carbocycles. The molecule has 0 aromatic carbocycles. The average molecular weight is 186 g/mol. The Labute approximate surface area is 79.0 Å². The van der Waals surface area contributed by atoms with Crippen molar-refractivity contribution in [2.45, 2.75) is 25.9 Å². The number of amides is 2. The molecule has 1 rings (SSSR count). The van der Waals surface area contributed by atoms with Crippen molar-refractivity contribution < 1.29 is 9.53 Å². The zero-order valence-corrected chi connectivity index (χ0v) is 8.30. The van der Waals surface area contributed by atoms with Crippen LogP contribution in [0, 0.1) is 5.92 Å². The number of carbonyl (C=O) groups excluding carboxylic acids is 1. The molecule has 0 spiro atoms. The van der Waals surface area contributed by atoms with Gasteiger partial charge in [0, 0.05) is 20.2 Å². The molecule has 2 unspecified atom stereocenters. The Kier molecular flexibility index (Phi) is 4.02. The maximum Gasteiger partial charge on any atom is 0.314 e. The molecule has 0 radical (unpaired) electrons. The molecule has 0 aromatic heterocycles.